The van der Waals surface area contributed by atoms with Gasteiger partial charge in [0.05, 0.1) is 24.3 Å². The smallest absolute Gasteiger partial charge is 0.407 e. The van der Waals surface area contributed by atoms with Gasteiger partial charge in [0.15, 0.2) is 0 Å². The summed E-state index contributed by atoms with van der Waals surface area (Å²) in [6, 6.07) is 6.00. The van der Waals surface area contributed by atoms with Crippen LogP contribution in [-0.4, -0.2) is 58.9 Å². The zero-order valence-corrected chi connectivity index (χ0v) is 18.4. The molecule has 1 aliphatic heterocycles. The van der Waals surface area contributed by atoms with Crippen molar-refractivity contribution in [1.82, 2.24) is 19.8 Å². The first-order chi connectivity index (χ1) is 13.7. The standard InChI is InChI=1S/C21H30N4O3S/c1-21(2,3)28-20(26)23-15-7-9-24(10-8-15)11-12-25-18-13-16(27-4)5-6-17(18)22-14-19(25)29/h5-6,13-15H,7-12H2,1-4H3,(H,23,26). The summed E-state index contributed by atoms with van der Waals surface area (Å²) in [5.74, 6) is 0.794. The maximum absolute atomic E-state index is 12.0. The number of likely N-dealkylation sites (tertiary alicyclic amines) is 1. The van der Waals surface area contributed by atoms with Crippen molar-refractivity contribution in [2.24, 2.45) is 0 Å². The zero-order valence-electron chi connectivity index (χ0n) is 17.6. The molecular weight excluding hydrogens is 388 g/mol. The number of methoxy groups -OCH3 is 1. The summed E-state index contributed by atoms with van der Waals surface area (Å²) in [4.78, 5) is 18.8. The Labute approximate surface area is 177 Å². The number of carbonyl (C=O) groups excluding carboxylic acids is 1. The Morgan fingerprint density at radius 1 is 1.28 bits per heavy atom. The van der Waals surface area contributed by atoms with Crippen molar-refractivity contribution in [2.75, 3.05) is 26.7 Å². The van der Waals surface area contributed by atoms with Crippen LogP contribution in [0.4, 0.5) is 4.79 Å². The number of nitrogens with one attached hydrogen (secondary N) is 1. The lowest BCUT2D eigenvalue weighted by Crippen LogP contribution is -2.46. The Morgan fingerprint density at radius 3 is 2.66 bits per heavy atom. The number of alkyl carbamates (subject to hydrolysis) is 1. The molecule has 0 bridgehead atoms. The number of carbonyl (C=O) groups is 1. The van der Waals surface area contributed by atoms with E-state index in [0.29, 0.717) is 4.64 Å². The molecule has 8 heteroatoms. The average molecular weight is 419 g/mol. The highest BCUT2D eigenvalue weighted by molar-refractivity contribution is 7.71. The lowest BCUT2D eigenvalue weighted by atomic mass is 10.1. The fourth-order valence-corrected chi connectivity index (χ4v) is 3.76. The van der Waals surface area contributed by atoms with Gasteiger partial charge >= 0.3 is 6.09 Å². The van der Waals surface area contributed by atoms with Crippen LogP contribution >= 0.6 is 12.2 Å². The van der Waals surface area contributed by atoms with Crippen molar-refractivity contribution in [3.05, 3.63) is 29.0 Å². The zero-order chi connectivity index (χ0) is 21.0. The number of aromatic nitrogens is 2. The number of nitrogens with zero attached hydrogens (tertiary/aromatic N) is 3. The third-order valence-corrected chi connectivity index (χ3v) is 5.33. The van der Waals surface area contributed by atoms with Gasteiger partial charge < -0.3 is 24.3 Å². The fourth-order valence-electron chi connectivity index (χ4n) is 3.52. The fraction of sp³-hybridized carbons (Fsp3) is 0.571. The summed E-state index contributed by atoms with van der Waals surface area (Å²) >= 11 is 5.52. The van der Waals surface area contributed by atoms with Gasteiger partial charge in [-0.2, -0.15) is 0 Å². The molecule has 2 heterocycles. The van der Waals surface area contributed by atoms with Crippen LogP contribution < -0.4 is 10.1 Å². The minimum absolute atomic E-state index is 0.161. The Balaban J connectivity index is 1.56. The van der Waals surface area contributed by atoms with Crippen LogP contribution in [0.3, 0.4) is 0 Å². The number of amides is 1. The van der Waals surface area contributed by atoms with Crippen molar-refractivity contribution in [1.29, 1.82) is 0 Å². The van der Waals surface area contributed by atoms with E-state index < -0.39 is 5.60 Å². The number of hydrogen-bond acceptors (Lipinski definition) is 6. The quantitative estimate of drug-likeness (QED) is 0.746. The van der Waals surface area contributed by atoms with Crippen molar-refractivity contribution < 1.29 is 14.3 Å². The van der Waals surface area contributed by atoms with Crippen LogP contribution in [0.25, 0.3) is 11.0 Å². The van der Waals surface area contributed by atoms with Gasteiger partial charge in [-0.15, -0.1) is 0 Å². The summed E-state index contributed by atoms with van der Waals surface area (Å²) < 4.78 is 13.5. The number of fused-ring (bicyclic) bond motifs is 1. The molecule has 0 saturated carbocycles. The monoisotopic (exact) mass is 418 g/mol. The van der Waals surface area contributed by atoms with Crippen molar-refractivity contribution >= 4 is 29.3 Å². The first kappa shape index (κ1) is 21.5. The predicted molar refractivity (Wildman–Crippen MR) is 116 cm³/mol. The Hall–Kier alpha value is -2.19. The first-order valence-corrected chi connectivity index (χ1v) is 10.4. The number of rotatable bonds is 5. The van der Waals surface area contributed by atoms with Crippen molar-refractivity contribution in [3.63, 3.8) is 0 Å². The number of ether oxygens (including phenoxy) is 2. The second-order valence-corrected chi connectivity index (χ2v) is 8.78. The maximum Gasteiger partial charge on any atom is 0.407 e. The van der Waals surface area contributed by atoms with E-state index in [1.54, 1.807) is 13.3 Å². The second kappa shape index (κ2) is 9.09. The molecular formula is C21H30N4O3S. The normalized spacial score (nSPS) is 16.0. The van der Waals surface area contributed by atoms with E-state index >= 15 is 0 Å². The third-order valence-electron chi connectivity index (χ3n) is 5.00. The molecule has 1 aromatic carbocycles. The molecule has 1 aromatic heterocycles. The molecule has 3 rings (SSSR count). The van der Waals surface area contributed by atoms with E-state index in [9.17, 15) is 4.79 Å². The van der Waals surface area contributed by atoms with E-state index in [1.165, 1.54) is 0 Å². The van der Waals surface area contributed by atoms with E-state index in [2.05, 4.69) is 19.8 Å². The average Bonchev–Trinajstić information content (AvgIpc) is 2.66. The Bertz CT molecular complexity index is 914. The molecule has 1 amide bonds. The molecule has 158 valence electrons. The van der Waals surface area contributed by atoms with E-state index in [0.717, 1.165) is 55.8 Å². The molecule has 29 heavy (non-hydrogen) atoms. The van der Waals surface area contributed by atoms with Crippen LogP contribution in [0.15, 0.2) is 24.4 Å². The van der Waals surface area contributed by atoms with Gasteiger partial charge in [-0.25, -0.2) is 4.79 Å². The summed E-state index contributed by atoms with van der Waals surface area (Å²) in [6.07, 6.45) is 3.23. The van der Waals surface area contributed by atoms with Crippen molar-refractivity contribution in [2.45, 2.75) is 51.8 Å². The van der Waals surface area contributed by atoms with Crippen LogP contribution in [0.5, 0.6) is 5.75 Å². The first-order valence-electron chi connectivity index (χ1n) is 10.0. The van der Waals surface area contributed by atoms with Gasteiger partial charge in [0.1, 0.15) is 16.0 Å². The van der Waals surface area contributed by atoms with Crippen LogP contribution in [-0.2, 0) is 11.3 Å². The molecule has 1 fully saturated rings. The number of piperidine rings is 1. The molecule has 0 atom stereocenters. The van der Waals surface area contributed by atoms with Gasteiger partial charge in [-0.3, -0.25) is 4.98 Å². The summed E-state index contributed by atoms with van der Waals surface area (Å²) in [5.41, 5.74) is 1.41. The van der Waals surface area contributed by atoms with Crippen molar-refractivity contribution in [3.8, 4) is 5.75 Å². The minimum Gasteiger partial charge on any atom is -0.497 e. The Kier molecular flexibility index (Phi) is 6.74. The lowest BCUT2D eigenvalue weighted by molar-refractivity contribution is 0.0478. The van der Waals surface area contributed by atoms with E-state index in [1.807, 2.05) is 39.0 Å². The van der Waals surface area contributed by atoms with Gasteiger partial charge in [-0.05, 0) is 45.7 Å². The van der Waals surface area contributed by atoms with Crippen LogP contribution in [0.2, 0.25) is 0 Å². The molecule has 0 radical (unpaired) electrons. The van der Waals surface area contributed by atoms with Gasteiger partial charge in [0.2, 0.25) is 0 Å². The molecule has 1 aliphatic rings. The topological polar surface area (TPSA) is 68.6 Å². The highest BCUT2D eigenvalue weighted by Gasteiger charge is 2.23. The Morgan fingerprint density at radius 2 is 2.00 bits per heavy atom. The molecule has 1 saturated heterocycles. The lowest BCUT2D eigenvalue weighted by Gasteiger charge is -2.33. The largest absolute Gasteiger partial charge is 0.497 e. The minimum atomic E-state index is -0.472. The molecule has 1 N–H and O–H groups in total. The molecule has 0 aliphatic carbocycles. The molecule has 0 unspecified atom stereocenters. The number of hydrogen-bond donors (Lipinski definition) is 1. The summed E-state index contributed by atoms with van der Waals surface area (Å²) in [5, 5.41) is 2.98. The highest BCUT2D eigenvalue weighted by atomic mass is 32.1. The van der Waals surface area contributed by atoms with Gasteiger partial charge in [0, 0.05) is 38.3 Å². The second-order valence-electron chi connectivity index (χ2n) is 8.36. The van der Waals surface area contributed by atoms with E-state index in [4.69, 9.17) is 21.7 Å². The third kappa shape index (κ3) is 5.90. The number of benzene rings is 1. The molecule has 2 aromatic rings. The maximum atomic E-state index is 12.0. The van der Waals surface area contributed by atoms with Gasteiger partial charge in [0.25, 0.3) is 0 Å². The summed E-state index contributed by atoms with van der Waals surface area (Å²) in [7, 11) is 1.66. The predicted octanol–water partition coefficient (Wildman–Crippen LogP) is 3.76. The highest BCUT2D eigenvalue weighted by Crippen LogP contribution is 2.20. The molecule has 0 spiro atoms. The van der Waals surface area contributed by atoms with E-state index in [-0.39, 0.29) is 12.1 Å². The van der Waals surface area contributed by atoms with Crippen LogP contribution in [0.1, 0.15) is 33.6 Å². The van der Waals surface area contributed by atoms with Gasteiger partial charge in [-0.1, -0.05) is 12.2 Å². The molecule has 7 nitrogen and oxygen atoms in total. The SMILES string of the molecule is COc1ccc2ncc(=S)n(CCN3CCC(NC(=O)OC(C)(C)C)CC3)c2c1. The van der Waals surface area contributed by atoms with Crippen LogP contribution in [0, 0.1) is 4.64 Å². The summed E-state index contributed by atoms with van der Waals surface area (Å²) in [6.45, 7) is 9.16.